The lowest BCUT2D eigenvalue weighted by atomic mass is 9.82. The lowest BCUT2D eigenvalue weighted by Crippen LogP contribution is -2.48. The van der Waals surface area contributed by atoms with Crippen molar-refractivity contribution in [1.29, 1.82) is 0 Å². The van der Waals surface area contributed by atoms with Gasteiger partial charge in [0.1, 0.15) is 12.4 Å². The van der Waals surface area contributed by atoms with Gasteiger partial charge in [0.25, 0.3) is 0 Å². The minimum Gasteiger partial charge on any atom is -0.489 e. The third-order valence-electron chi connectivity index (χ3n) is 7.56. The lowest BCUT2D eigenvalue weighted by molar-refractivity contribution is -0.138. The molecule has 8 nitrogen and oxygen atoms in total. The highest BCUT2D eigenvalue weighted by Gasteiger charge is 2.33. The Kier molecular flexibility index (Phi) is 8.48. The van der Waals surface area contributed by atoms with E-state index in [0.29, 0.717) is 72.1 Å². The van der Waals surface area contributed by atoms with E-state index < -0.39 is 0 Å². The quantitative estimate of drug-likeness (QED) is 0.596. The maximum Gasteiger partial charge on any atom is 0.236 e. The topological polar surface area (TPSA) is 75.2 Å². The number of fused-ring (bicyclic) bond motifs is 3. The van der Waals surface area contributed by atoms with E-state index in [1.54, 1.807) is 12.4 Å². The summed E-state index contributed by atoms with van der Waals surface area (Å²) in [5.41, 5.74) is 2.18. The van der Waals surface area contributed by atoms with E-state index in [-0.39, 0.29) is 23.7 Å². The molecule has 2 atom stereocenters. The van der Waals surface area contributed by atoms with Crippen molar-refractivity contribution < 1.29 is 19.1 Å². The van der Waals surface area contributed by atoms with Crippen LogP contribution in [0.1, 0.15) is 24.0 Å². The van der Waals surface area contributed by atoms with Crippen LogP contribution < -0.4 is 4.74 Å². The van der Waals surface area contributed by atoms with Crippen LogP contribution in [0.2, 0.25) is 0 Å². The van der Waals surface area contributed by atoms with Crippen molar-refractivity contribution in [3.05, 3.63) is 72.1 Å². The number of benzene rings is 1. The summed E-state index contributed by atoms with van der Waals surface area (Å²) in [7, 11) is 0. The molecule has 0 radical (unpaired) electrons. The van der Waals surface area contributed by atoms with E-state index in [1.807, 2.05) is 46.2 Å². The maximum atomic E-state index is 13.5. The van der Waals surface area contributed by atoms with Crippen LogP contribution in [0, 0.1) is 11.8 Å². The van der Waals surface area contributed by atoms with Gasteiger partial charge in [0, 0.05) is 63.6 Å². The number of hydrogen-bond acceptors (Lipinski definition) is 6. The molecule has 3 aliphatic heterocycles. The molecule has 8 heteroatoms. The van der Waals surface area contributed by atoms with Crippen LogP contribution in [0.3, 0.4) is 0 Å². The number of carbonyl (C=O) groups excluding carboxylic acids is 2. The summed E-state index contributed by atoms with van der Waals surface area (Å²) in [5.74, 6) is 1.49. The Bertz CT molecular complexity index is 1090. The molecule has 2 bridgehead atoms. The molecule has 37 heavy (non-hydrogen) atoms. The molecule has 1 aromatic carbocycles. The van der Waals surface area contributed by atoms with Gasteiger partial charge in [-0.3, -0.25) is 19.5 Å². The first-order valence-electron chi connectivity index (χ1n) is 13.3. The monoisotopic (exact) mass is 504 g/mol. The third kappa shape index (κ3) is 6.76. The van der Waals surface area contributed by atoms with Crippen LogP contribution in [0.5, 0.6) is 5.75 Å². The van der Waals surface area contributed by atoms with Gasteiger partial charge in [-0.1, -0.05) is 30.4 Å². The van der Waals surface area contributed by atoms with Gasteiger partial charge in [-0.15, -0.1) is 0 Å². The number of morpholine rings is 1. The van der Waals surface area contributed by atoms with Gasteiger partial charge in [0.2, 0.25) is 11.8 Å². The van der Waals surface area contributed by atoms with E-state index in [0.717, 1.165) is 23.3 Å². The van der Waals surface area contributed by atoms with E-state index in [2.05, 4.69) is 22.0 Å². The Labute approximate surface area is 218 Å². The first-order valence-corrected chi connectivity index (χ1v) is 13.3. The number of pyridine rings is 1. The van der Waals surface area contributed by atoms with Crippen LogP contribution in [-0.2, 0) is 27.4 Å². The van der Waals surface area contributed by atoms with Crippen molar-refractivity contribution >= 4 is 11.8 Å². The van der Waals surface area contributed by atoms with E-state index >= 15 is 0 Å². The molecule has 0 spiro atoms. The lowest BCUT2D eigenvalue weighted by Gasteiger charge is -2.39. The molecular formula is C29H36N4O4. The molecule has 0 unspecified atom stereocenters. The number of carbonyl (C=O) groups is 2. The SMILES string of the molecule is O=C(C[C@@H]1CCN2C[C@@H]1C=CCOc1ccccc1CN(Cc1ccncc1)CC2=O)N1CCOCC1. The minimum atomic E-state index is 0.121. The van der Waals surface area contributed by atoms with Gasteiger partial charge in [-0.2, -0.15) is 0 Å². The number of hydrogen-bond donors (Lipinski definition) is 0. The van der Waals surface area contributed by atoms with E-state index in [1.165, 1.54) is 0 Å². The highest BCUT2D eigenvalue weighted by atomic mass is 16.5. The van der Waals surface area contributed by atoms with Gasteiger partial charge >= 0.3 is 0 Å². The Morgan fingerprint density at radius 3 is 2.68 bits per heavy atom. The number of piperidine rings is 1. The summed E-state index contributed by atoms with van der Waals surface area (Å²) in [5, 5.41) is 0. The molecular weight excluding hydrogens is 468 g/mol. The highest BCUT2D eigenvalue weighted by molar-refractivity contribution is 5.79. The molecule has 3 aliphatic rings. The zero-order valence-electron chi connectivity index (χ0n) is 21.3. The average molecular weight is 505 g/mol. The Morgan fingerprint density at radius 2 is 1.84 bits per heavy atom. The Balaban J connectivity index is 1.34. The molecule has 2 fully saturated rings. The summed E-state index contributed by atoms with van der Waals surface area (Å²) in [6, 6.07) is 12.0. The summed E-state index contributed by atoms with van der Waals surface area (Å²) < 4.78 is 11.6. The number of ether oxygens (including phenoxy) is 2. The summed E-state index contributed by atoms with van der Waals surface area (Å²) >= 11 is 0. The number of nitrogens with zero attached hydrogens (tertiary/aromatic N) is 4. The zero-order chi connectivity index (χ0) is 25.5. The predicted molar refractivity (Wildman–Crippen MR) is 140 cm³/mol. The standard InChI is InChI=1S/C29H36N4O4/c34-28(32-13-16-36-17-14-32)18-24-9-12-33-21-25(24)5-3-15-37-27-6-2-1-4-26(27)20-31(22-29(33)35)19-23-7-10-30-11-8-23/h1-8,10-11,24-25H,9,12-22H2/t24-,25-/m0/s1. The van der Waals surface area contributed by atoms with Crippen LogP contribution >= 0.6 is 0 Å². The van der Waals surface area contributed by atoms with Crippen LogP contribution in [0.4, 0.5) is 0 Å². The first kappa shape index (κ1) is 25.4. The maximum absolute atomic E-state index is 13.5. The predicted octanol–water partition coefficient (Wildman–Crippen LogP) is 2.75. The molecule has 2 aromatic rings. The van der Waals surface area contributed by atoms with Crippen molar-refractivity contribution in [3.8, 4) is 5.75 Å². The highest BCUT2D eigenvalue weighted by Crippen LogP contribution is 2.30. The number of amides is 2. The largest absolute Gasteiger partial charge is 0.489 e. The van der Waals surface area contributed by atoms with Crippen LogP contribution in [-0.4, -0.2) is 84.0 Å². The van der Waals surface area contributed by atoms with Crippen molar-refractivity contribution in [1.82, 2.24) is 19.7 Å². The van der Waals surface area contributed by atoms with Gasteiger partial charge in [0.05, 0.1) is 19.8 Å². The average Bonchev–Trinajstić information content (AvgIpc) is 2.94. The molecule has 0 aliphatic carbocycles. The minimum absolute atomic E-state index is 0.121. The summed E-state index contributed by atoms with van der Waals surface area (Å²) in [4.78, 5) is 36.7. The number of rotatable bonds is 4. The molecule has 2 saturated heterocycles. The molecule has 5 rings (SSSR count). The van der Waals surface area contributed by atoms with Gasteiger partial charge in [-0.05, 0) is 42.0 Å². The number of aromatic nitrogens is 1. The first-order chi connectivity index (χ1) is 18.2. The molecule has 196 valence electrons. The van der Waals surface area contributed by atoms with Gasteiger partial charge < -0.3 is 19.3 Å². The fraction of sp³-hybridized carbons (Fsp3) is 0.483. The second-order valence-electron chi connectivity index (χ2n) is 10.1. The van der Waals surface area contributed by atoms with E-state index in [4.69, 9.17) is 9.47 Å². The van der Waals surface area contributed by atoms with Crippen molar-refractivity contribution in [2.45, 2.75) is 25.9 Å². The summed E-state index contributed by atoms with van der Waals surface area (Å²) in [6.45, 7) is 5.89. The fourth-order valence-electron chi connectivity index (χ4n) is 5.48. The van der Waals surface area contributed by atoms with Crippen LogP contribution in [0.15, 0.2) is 60.9 Å². The fourth-order valence-corrected chi connectivity index (χ4v) is 5.48. The normalized spacial score (nSPS) is 23.3. The zero-order valence-corrected chi connectivity index (χ0v) is 21.3. The van der Waals surface area contributed by atoms with E-state index in [9.17, 15) is 9.59 Å². The molecule has 0 N–H and O–H groups in total. The van der Waals surface area contributed by atoms with Crippen molar-refractivity contribution in [2.75, 3.05) is 52.5 Å². The number of para-hydroxylation sites is 1. The molecule has 0 saturated carbocycles. The Hall–Kier alpha value is -3.23. The smallest absolute Gasteiger partial charge is 0.236 e. The summed E-state index contributed by atoms with van der Waals surface area (Å²) in [6.07, 6.45) is 9.11. The molecule has 4 heterocycles. The Morgan fingerprint density at radius 1 is 1.03 bits per heavy atom. The van der Waals surface area contributed by atoms with Gasteiger partial charge in [0.15, 0.2) is 0 Å². The second-order valence-corrected chi connectivity index (χ2v) is 10.1. The molecule has 1 aromatic heterocycles. The van der Waals surface area contributed by atoms with Crippen LogP contribution in [0.25, 0.3) is 0 Å². The van der Waals surface area contributed by atoms with Gasteiger partial charge in [-0.25, -0.2) is 0 Å². The van der Waals surface area contributed by atoms with Crippen molar-refractivity contribution in [3.63, 3.8) is 0 Å². The van der Waals surface area contributed by atoms with Crippen molar-refractivity contribution in [2.24, 2.45) is 11.8 Å². The second kappa shape index (κ2) is 12.3. The third-order valence-corrected chi connectivity index (χ3v) is 7.56. The molecule has 2 amide bonds.